The Labute approximate surface area is 126 Å². The zero-order valence-corrected chi connectivity index (χ0v) is 13.1. The molecule has 0 saturated carbocycles. The average molecular weight is 330 g/mol. The predicted molar refractivity (Wildman–Crippen MR) is 76.2 cm³/mol. The number of carbonyl (C=O) groups excluding carboxylic acids is 1. The van der Waals surface area contributed by atoms with Crippen LogP contribution in [0.2, 0.25) is 15.1 Å². The Hall–Kier alpha value is -0.150. The molecule has 0 fully saturated rings. The minimum Gasteiger partial charge on any atom is -0.465 e. The summed E-state index contributed by atoms with van der Waals surface area (Å²) in [6.07, 6.45) is 0. The molecule has 1 unspecified atom stereocenters. The van der Waals surface area contributed by atoms with Gasteiger partial charge in [0.15, 0.2) is 5.78 Å². The second-order valence-corrected chi connectivity index (χ2v) is 6.37. The van der Waals surface area contributed by atoms with Gasteiger partial charge in [-0.2, -0.15) is 0 Å². The van der Waals surface area contributed by atoms with Crippen LogP contribution in [0.5, 0.6) is 5.75 Å². The van der Waals surface area contributed by atoms with E-state index < -0.39 is 11.0 Å². The van der Waals surface area contributed by atoms with Gasteiger partial charge in [-0.1, -0.05) is 67.2 Å². The van der Waals surface area contributed by atoms with Crippen molar-refractivity contribution in [3.8, 4) is 5.75 Å². The molecule has 0 aliphatic heterocycles. The number of ether oxygens (including phenoxy) is 1. The van der Waals surface area contributed by atoms with Crippen LogP contribution in [0, 0.1) is 5.41 Å². The van der Waals surface area contributed by atoms with E-state index in [-0.39, 0.29) is 21.6 Å². The molecule has 0 saturated heterocycles. The van der Waals surface area contributed by atoms with Gasteiger partial charge >= 0.3 is 0 Å². The average Bonchev–Trinajstić information content (AvgIpc) is 2.22. The lowest BCUT2D eigenvalue weighted by Gasteiger charge is -2.21. The predicted octanol–water partition coefficient (Wildman–Crippen LogP) is 5.21. The molecule has 0 aliphatic rings. The molecule has 1 atom stereocenters. The second-order valence-electron chi connectivity index (χ2n) is 4.75. The van der Waals surface area contributed by atoms with Gasteiger partial charge in [-0.25, -0.2) is 0 Å². The Bertz CT molecular complexity index is 466. The van der Waals surface area contributed by atoms with Crippen LogP contribution in [0.15, 0.2) is 12.1 Å². The summed E-state index contributed by atoms with van der Waals surface area (Å²) in [4.78, 5) is 11.9. The van der Waals surface area contributed by atoms with Crippen LogP contribution >= 0.6 is 46.4 Å². The topological polar surface area (TPSA) is 26.3 Å². The SMILES string of the molecule is CC(C)(C)C(=O)C(Cl)Oc1cc(Cl)cc(Cl)c1Cl. The van der Waals surface area contributed by atoms with Crippen molar-refractivity contribution in [1.29, 1.82) is 0 Å². The fraction of sp³-hybridized carbons (Fsp3) is 0.417. The molecule has 0 spiro atoms. The van der Waals surface area contributed by atoms with Gasteiger partial charge in [-0.05, 0) is 6.07 Å². The van der Waals surface area contributed by atoms with Crippen LogP contribution in [-0.2, 0) is 4.79 Å². The molecule has 2 nitrogen and oxygen atoms in total. The van der Waals surface area contributed by atoms with Crippen molar-refractivity contribution in [2.75, 3.05) is 0 Å². The number of alkyl halides is 1. The first-order valence-corrected chi connectivity index (χ1v) is 6.69. The highest BCUT2D eigenvalue weighted by Crippen LogP contribution is 2.36. The monoisotopic (exact) mass is 328 g/mol. The van der Waals surface area contributed by atoms with Crippen LogP contribution in [-0.4, -0.2) is 11.3 Å². The van der Waals surface area contributed by atoms with E-state index in [1.54, 1.807) is 20.8 Å². The molecule has 0 bridgehead atoms. The largest absolute Gasteiger partial charge is 0.465 e. The van der Waals surface area contributed by atoms with E-state index in [9.17, 15) is 4.79 Å². The number of ketones is 1. The van der Waals surface area contributed by atoms with Gasteiger partial charge < -0.3 is 4.74 Å². The van der Waals surface area contributed by atoms with Gasteiger partial charge in [0.05, 0.1) is 5.02 Å². The summed E-state index contributed by atoms with van der Waals surface area (Å²) in [5.74, 6) is -0.0666. The van der Waals surface area contributed by atoms with Gasteiger partial charge in [0, 0.05) is 16.5 Å². The summed E-state index contributed by atoms with van der Waals surface area (Å²) in [7, 11) is 0. The van der Waals surface area contributed by atoms with E-state index in [4.69, 9.17) is 51.1 Å². The number of benzene rings is 1. The maximum atomic E-state index is 11.9. The highest BCUT2D eigenvalue weighted by atomic mass is 35.5. The summed E-state index contributed by atoms with van der Waals surface area (Å²) in [5, 5.41) is 0.770. The van der Waals surface area contributed by atoms with Gasteiger partial charge in [-0.3, -0.25) is 4.79 Å². The van der Waals surface area contributed by atoms with E-state index in [0.717, 1.165) is 0 Å². The molecular formula is C12H12Cl4O2. The smallest absolute Gasteiger partial charge is 0.230 e. The lowest BCUT2D eigenvalue weighted by molar-refractivity contribution is -0.130. The maximum absolute atomic E-state index is 11.9. The Morgan fingerprint density at radius 2 is 1.78 bits per heavy atom. The molecule has 6 heteroatoms. The van der Waals surface area contributed by atoms with Crippen molar-refractivity contribution in [2.45, 2.75) is 26.3 Å². The van der Waals surface area contributed by atoms with E-state index >= 15 is 0 Å². The molecule has 100 valence electrons. The van der Waals surface area contributed by atoms with E-state index in [2.05, 4.69) is 0 Å². The number of hydrogen-bond acceptors (Lipinski definition) is 2. The number of halogens is 4. The van der Waals surface area contributed by atoms with Gasteiger partial charge in [0.1, 0.15) is 10.8 Å². The van der Waals surface area contributed by atoms with Crippen molar-refractivity contribution in [2.24, 2.45) is 5.41 Å². The molecule has 1 aromatic carbocycles. The summed E-state index contributed by atoms with van der Waals surface area (Å²) < 4.78 is 5.31. The van der Waals surface area contributed by atoms with Crippen LogP contribution < -0.4 is 4.74 Å². The lowest BCUT2D eigenvalue weighted by atomic mass is 9.91. The fourth-order valence-corrected chi connectivity index (χ4v) is 2.18. The standard InChI is InChI=1S/C12H12Cl4O2/c1-12(2,3)10(17)11(16)18-8-5-6(13)4-7(14)9(8)15/h4-5,11H,1-3H3. The van der Waals surface area contributed by atoms with Crippen molar-refractivity contribution < 1.29 is 9.53 Å². The highest BCUT2D eigenvalue weighted by molar-refractivity contribution is 6.44. The van der Waals surface area contributed by atoms with Crippen molar-refractivity contribution in [1.82, 2.24) is 0 Å². The Kier molecular flexibility index (Phi) is 5.19. The first kappa shape index (κ1) is 15.9. The van der Waals surface area contributed by atoms with Crippen LogP contribution in [0.4, 0.5) is 0 Å². The number of rotatable bonds is 3. The molecule has 0 aromatic heterocycles. The van der Waals surface area contributed by atoms with Gasteiger partial charge in [-0.15, -0.1) is 0 Å². The summed E-state index contributed by atoms with van der Waals surface area (Å²) in [6, 6.07) is 2.94. The molecule has 0 radical (unpaired) electrons. The summed E-state index contributed by atoms with van der Waals surface area (Å²) in [6.45, 7) is 5.25. The van der Waals surface area contributed by atoms with E-state index in [0.29, 0.717) is 5.02 Å². The molecular weight excluding hydrogens is 318 g/mol. The number of Topliss-reactive ketones (excluding diaryl/α,β-unsaturated/α-hetero) is 1. The minimum atomic E-state index is -1.14. The molecule has 0 heterocycles. The number of hydrogen-bond donors (Lipinski definition) is 0. The molecule has 1 rings (SSSR count). The minimum absolute atomic E-state index is 0.174. The first-order chi connectivity index (χ1) is 8.12. The van der Waals surface area contributed by atoms with Crippen molar-refractivity contribution >= 4 is 52.2 Å². The van der Waals surface area contributed by atoms with Gasteiger partial charge in [0.2, 0.25) is 5.56 Å². The third kappa shape index (κ3) is 3.92. The normalized spacial score (nSPS) is 13.3. The third-order valence-electron chi connectivity index (χ3n) is 2.14. The van der Waals surface area contributed by atoms with Crippen LogP contribution in [0.3, 0.4) is 0 Å². The van der Waals surface area contributed by atoms with E-state index in [1.165, 1.54) is 12.1 Å². The lowest BCUT2D eigenvalue weighted by Crippen LogP contribution is -2.32. The quantitative estimate of drug-likeness (QED) is 0.562. The fourth-order valence-electron chi connectivity index (χ4n) is 1.12. The molecule has 0 N–H and O–H groups in total. The highest BCUT2D eigenvalue weighted by Gasteiger charge is 2.30. The zero-order chi connectivity index (χ0) is 14.1. The number of carbonyl (C=O) groups is 1. The molecule has 18 heavy (non-hydrogen) atoms. The first-order valence-electron chi connectivity index (χ1n) is 5.12. The second kappa shape index (κ2) is 5.87. The maximum Gasteiger partial charge on any atom is 0.230 e. The Morgan fingerprint density at radius 1 is 1.22 bits per heavy atom. The zero-order valence-electron chi connectivity index (χ0n) is 10.1. The van der Waals surface area contributed by atoms with Crippen LogP contribution in [0.1, 0.15) is 20.8 Å². The van der Waals surface area contributed by atoms with Crippen molar-refractivity contribution in [3.63, 3.8) is 0 Å². The summed E-state index contributed by atoms with van der Waals surface area (Å²) >= 11 is 23.5. The van der Waals surface area contributed by atoms with E-state index in [1.807, 2.05) is 0 Å². The third-order valence-corrected chi connectivity index (χ3v) is 3.43. The molecule has 0 amide bonds. The Morgan fingerprint density at radius 3 is 2.28 bits per heavy atom. The Balaban J connectivity index is 2.95. The van der Waals surface area contributed by atoms with Crippen LogP contribution in [0.25, 0.3) is 0 Å². The molecule has 0 aliphatic carbocycles. The summed E-state index contributed by atoms with van der Waals surface area (Å²) in [5.41, 5.74) is -1.75. The van der Waals surface area contributed by atoms with Gasteiger partial charge in [0.25, 0.3) is 0 Å². The molecule has 1 aromatic rings. The van der Waals surface area contributed by atoms with Crippen molar-refractivity contribution in [3.05, 3.63) is 27.2 Å².